The first-order valence-electron chi connectivity index (χ1n) is 6.75. The van der Waals surface area contributed by atoms with Gasteiger partial charge < -0.3 is 11.6 Å². The summed E-state index contributed by atoms with van der Waals surface area (Å²) in [5.41, 5.74) is 7.55. The molecule has 2 aromatic heterocycles. The van der Waals surface area contributed by atoms with Crippen molar-refractivity contribution in [3.63, 3.8) is 0 Å². The number of thiophene rings is 1. The SMILES string of the molecule is Cc1ccc(-c2cc3nc(SCC(N)=O)n(N)c(=O)c3s2)cc1. The molecule has 0 bridgehead atoms. The van der Waals surface area contributed by atoms with E-state index in [1.54, 1.807) is 0 Å². The molecule has 118 valence electrons. The van der Waals surface area contributed by atoms with Crippen molar-refractivity contribution in [3.8, 4) is 10.4 Å². The number of carbonyl (C=O) groups is 1. The van der Waals surface area contributed by atoms with E-state index in [2.05, 4.69) is 4.98 Å². The average Bonchev–Trinajstić information content (AvgIpc) is 2.94. The topological polar surface area (TPSA) is 104 Å². The summed E-state index contributed by atoms with van der Waals surface area (Å²) in [7, 11) is 0. The van der Waals surface area contributed by atoms with E-state index in [1.165, 1.54) is 16.9 Å². The number of rotatable bonds is 4. The van der Waals surface area contributed by atoms with E-state index >= 15 is 0 Å². The Kier molecular flexibility index (Phi) is 4.10. The van der Waals surface area contributed by atoms with Crippen LogP contribution in [0.1, 0.15) is 5.56 Å². The summed E-state index contributed by atoms with van der Waals surface area (Å²) in [5.74, 6) is 5.31. The summed E-state index contributed by atoms with van der Waals surface area (Å²) >= 11 is 2.40. The molecule has 0 radical (unpaired) electrons. The second-order valence-electron chi connectivity index (χ2n) is 5.02. The van der Waals surface area contributed by atoms with E-state index in [1.807, 2.05) is 37.3 Å². The number of nitrogen functional groups attached to an aromatic ring is 1. The van der Waals surface area contributed by atoms with Crippen molar-refractivity contribution in [2.75, 3.05) is 11.6 Å². The number of hydrogen-bond donors (Lipinski definition) is 2. The van der Waals surface area contributed by atoms with Gasteiger partial charge in [-0.3, -0.25) is 9.59 Å². The second-order valence-corrected chi connectivity index (χ2v) is 7.01. The van der Waals surface area contributed by atoms with Crippen molar-refractivity contribution in [2.24, 2.45) is 5.73 Å². The Bertz CT molecular complexity index is 945. The number of hydrogen-bond acceptors (Lipinski definition) is 6. The standard InChI is InChI=1S/C15H14N4O2S2/c1-8-2-4-9(5-3-8)11-6-10-13(23-11)14(21)19(17)15(18-10)22-7-12(16)20/h2-6H,7,17H2,1H3,(H2,16,20). The number of primary amides is 1. The number of nitrogens with zero attached hydrogens (tertiary/aromatic N) is 2. The predicted molar refractivity (Wildman–Crippen MR) is 94.1 cm³/mol. The maximum absolute atomic E-state index is 12.4. The molecule has 0 unspecified atom stereocenters. The third-order valence-corrected chi connectivity index (χ3v) is 5.36. The van der Waals surface area contributed by atoms with Crippen LogP contribution in [0.5, 0.6) is 0 Å². The molecule has 2 heterocycles. The minimum Gasteiger partial charge on any atom is -0.369 e. The van der Waals surface area contributed by atoms with E-state index < -0.39 is 5.91 Å². The van der Waals surface area contributed by atoms with Crippen molar-refractivity contribution < 1.29 is 4.79 Å². The molecule has 3 aromatic rings. The molecule has 0 fully saturated rings. The van der Waals surface area contributed by atoms with E-state index in [-0.39, 0.29) is 16.5 Å². The zero-order chi connectivity index (χ0) is 16.6. The summed E-state index contributed by atoms with van der Waals surface area (Å²) in [5, 5.41) is 0.273. The highest BCUT2D eigenvalue weighted by atomic mass is 32.2. The van der Waals surface area contributed by atoms with Gasteiger partial charge in [-0.1, -0.05) is 41.6 Å². The highest BCUT2D eigenvalue weighted by molar-refractivity contribution is 7.99. The Morgan fingerprint density at radius 1 is 1.35 bits per heavy atom. The number of nitrogens with two attached hydrogens (primary N) is 2. The summed E-state index contributed by atoms with van der Waals surface area (Å²) in [6.07, 6.45) is 0. The first-order valence-corrected chi connectivity index (χ1v) is 8.55. The van der Waals surface area contributed by atoms with Gasteiger partial charge in [-0.05, 0) is 18.6 Å². The maximum atomic E-state index is 12.4. The van der Waals surface area contributed by atoms with Crippen LogP contribution in [-0.2, 0) is 4.79 Å². The molecule has 0 aliphatic carbocycles. The third-order valence-electron chi connectivity index (χ3n) is 3.23. The lowest BCUT2D eigenvalue weighted by Crippen LogP contribution is -2.29. The summed E-state index contributed by atoms with van der Waals surface area (Å²) < 4.78 is 1.46. The van der Waals surface area contributed by atoms with Gasteiger partial charge in [0.1, 0.15) is 4.70 Å². The molecule has 0 atom stereocenters. The van der Waals surface area contributed by atoms with Crippen molar-refractivity contribution in [1.29, 1.82) is 0 Å². The van der Waals surface area contributed by atoms with Crippen LogP contribution in [0.3, 0.4) is 0 Å². The van der Waals surface area contributed by atoms with E-state index in [9.17, 15) is 9.59 Å². The fourth-order valence-corrected chi connectivity index (χ4v) is 3.76. The van der Waals surface area contributed by atoms with E-state index in [0.717, 1.165) is 26.9 Å². The molecule has 0 saturated heterocycles. The van der Waals surface area contributed by atoms with Crippen LogP contribution in [0.2, 0.25) is 0 Å². The van der Waals surface area contributed by atoms with Crippen LogP contribution < -0.4 is 17.1 Å². The Hall–Kier alpha value is -2.32. The number of fused-ring (bicyclic) bond motifs is 1. The minimum absolute atomic E-state index is 0.0180. The van der Waals surface area contributed by atoms with Crippen LogP contribution in [0.4, 0.5) is 0 Å². The second kappa shape index (κ2) is 6.05. The van der Waals surface area contributed by atoms with Crippen molar-refractivity contribution in [3.05, 3.63) is 46.2 Å². The van der Waals surface area contributed by atoms with Gasteiger partial charge in [-0.2, -0.15) is 0 Å². The molecule has 23 heavy (non-hydrogen) atoms. The van der Waals surface area contributed by atoms with E-state index in [0.29, 0.717) is 10.2 Å². The lowest BCUT2D eigenvalue weighted by molar-refractivity contribution is -0.115. The fourth-order valence-electron chi connectivity index (χ4n) is 2.07. The molecule has 1 aromatic carbocycles. The van der Waals surface area contributed by atoms with Gasteiger partial charge in [0, 0.05) is 4.88 Å². The molecular formula is C15H14N4O2S2. The van der Waals surface area contributed by atoms with Crippen molar-refractivity contribution >= 4 is 39.2 Å². The number of amides is 1. The molecule has 0 aliphatic heterocycles. The first kappa shape index (κ1) is 15.6. The molecule has 0 aliphatic rings. The van der Waals surface area contributed by atoms with Gasteiger partial charge in [-0.15, -0.1) is 11.3 Å². The Labute approximate surface area is 140 Å². The summed E-state index contributed by atoms with van der Waals surface area (Å²) in [4.78, 5) is 28.6. The smallest absolute Gasteiger partial charge is 0.290 e. The molecule has 4 N–H and O–H groups in total. The Balaban J connectivity index is 2.08. The highest BCUT2D eigenvalue weighted by Crippen LogP contribution is 2.31. The van der Waals surface area contributed by atoms with Gasteiger partial charge in [-0.25, -0.2) is 9.66 Å². The lowest BCUT2D eigenvalue weighted by atomic mass is 10.1. The normalized spacial score (nSPS) is 11.0. The van der Waals surface area contributed by atoms with Gasteiger partial charge in [0.15, 0.2) is 5.16 Å². The average molecular weight is 346 g/mol. The monoisotopic (exact) mass is 346 g/mol. The van der Waals surface area contributed by atoms with Gasteiger partial charge in [0.25, 0.3) is 5.56 Å². The minimum atomic E-state index is -0.491. The molecule has 8 heteroatoms. The number of benzene rings is 1. The van der Waals surface area contributed by atoms with Crippen molar-refractivity contribution in [2.45, 2.75) is 12.1 Å². The first-order chi connectivity index (χ1) is 11.0. The van der Waals surface area contributed by atoms with E-state index in [4.69, 9.17) is 11.6 Å². The molecule has 3 rings (SSSR count). The van der Waals surface area contributed by atoms with Crippen LogP contribution in [0.25, 0.3) is 20.7 Å². The van der Waals surface area contributed by atoms with Crippen LogP contribution >= 0.6 is 23.1 Å². The van der Waals surface area contributed by atoms with Gasteiger partial charge in [0.2, 0.25) is 5.91 Å². The Morgan fingerprint density at radius 3 is 2.70 bits per heavy atom. The largest absolute Gasteiger partial charge is 0.369 e. The molecule has 0 spiro atoms. The zero-order valence-electron chi connectivity index (χ0n) is 12.3. The van der Waals surface area contributed by atoms with Crippen molar-refractivity contribution in [1.82, 2.24) is 9.66 Å². The van der Waals surface area contributed by atoms with Crippen LogP contribution in [-0.4, -0.2) is 21.3 Å². The quantitative estimate of drug-likeness (QED) is 0.425. The number of thioether (sulfide) groups is 1. The van der Waals surface area contributed by atoms with Gasteiger partial charge >= 0.3 is 0 Å². The van der Waals surface area contributed by atoms with Crippen LogP contribution in [0, 0.1) is 6.92 Å². The lowest BCUT2D eigenvalue weighted by Gasteiger charge is -2.04. The number of carbonyl (C=O) groups excluding carboxylic acids is 1. The third kappa shape index (κ3) is 3.08. The molecular weight excluding hydrogens is 332 g/mol. The fraction of sp³-hybridized carbons (Fsp3) is 0.133. The number of aryl methyl sites for hydroxylation is 1. The highest BCUT2D eigenvalue weighted by Gasteiger charge is 2.14. The van der Waals surface area contributed by atoms with Crippen LogP contribution in [0.15, 0.2) is 40.3 Å². The Morgan fingerprint density at radius 2 is 2.04 bits per heavy atom. The number of aromatic nitrogens is 2. The predicted octanol–water partition coefficient (Wildman–Crippen LogP) is 1.72. The summed E-state index contributed by atoms with van der Waals surface area (Å²) in [6.45, 7) is 2.02. The van der Waals surface area contributed by atoms with Gasteiger partial charge in [0.05, 0.1) is 11.3 Å². The zero-order valence-corrected chi connectivity index (χ0v) is 13.9. The summed E-state index contributed by atoms with van der Waals surface area (Å²) in [6, 6.07) is 9.90. The molecule has 0 saturated carbocycles. The molecule has 1 amide bonds. The molecule has 6 nitrogen and oxygen atoms in total. The maximum Gasteiger partial charge on any atom is 0.290 e.